The fourth-order valence-electron chi connectivity index (χ4n) is 2.07. The van der Waals surface area contributed by atoms with Crippen LogP contribution in [0.15, 0.2) is 35.1 Å². The summed E-state index contributed by atoms with van der Waals surface area (Å²) in [5.41, 5.74) is 0.720. The number of aromatic nitrogens is 2. The summed E-state index contributed by atoms with van der Waals surface area (Å²) in [6.45, 7) is 3.51. The second kappa shape index (κ2) is 7.40. The molecule has 0 atom stereocenters. The molecule has 2 amide bonds. The van der Waals surface area contributed by atoms with Gasteiger partial charge in [-0.05, 0) is 31.2 Å². The predicted octanol–water partition coefficient (Wildman–Crippen LogP) is 1.48. The van der Waals surface area contributed by atoms with Crippen LogP contribution in [-0.4, -0.2) is 28.7 Å². The summed E-state index contributed by atoms with van der Waals surface area (Å²) in [6.07, 6.45) is 0. The number of rotatable bonds is 5. The highest BCUT2D eigenvalue weighted by Crippen LogP contribution is 2.28. The molecule has 0 saturated carbocycles. The second-order valence-electron chi connectivity index (χ2n) is 4.92. The zero-order valence-electron chi connectivity index (χ0n) is 13.6. The molecule has 1 aromatic heterocycles. The number of aryl methyl sites for hydroxylation is 1. The highest BCUT2D eigenvalue weighted by Gasteiger charge is 2.13. The number of ether oxygens (including phenoxy) is 1. The van der Waals surface area contributed by atoms with Gasteiger partial charge in [-0.25, -0.2) is 4.68 Å². The molecular weight excluding hydrogens is 312 g/mol. The van der Waals surface area contributed by atoms with Gasteiger partial charge in [0.1, 0.15) is 11.4 Å². The number of nitrogens with zero attached hydrogens (tertiary/aromatic N) is 2. The van der Waals surface area contributed by atoms with Gasteiger partial charge in [-0.1, -0.05) is 0 Å². The average molecular weight is 330 g/mol. The number of amides is 2. The number of nitrogens with one attached hydrogen (secondary N) is 2. The summed E-state index contributed by atoms with van der Waals surface area (Å²) in [5.74, 6) is -0.286. The molecule has 2 N–H and O–H groups in total. The van der Waals surface area contributed by atoms with E-state index >= 15 is 0 Å². The highest BCUT2D eigenvalue weighted by atomic mass is 16.5. The standard InChI is InChI=1S/C16H18N4O4/c1-4-20-15(22)8-6-12(19-20)16(23)18-13-9-11(17-10(2)21)5-7-14(13)24-3/h5-9H,4H2,1-3H3,(H,17,21)(H,18,23). The van der Waals surface area contributed by atoms with Crippen LogP contribution in [0.5, 0.6) is 5.75 Å². The number of carbonyl (C=O) groups excluding carboxylic acids is 2. The molecule has 126 valence electrons. The first-order valence-corrected chi connectivity index (χ1v) is 7.29. The van der Waals surface area contributed by atoms with E-state index in [1.54, 1.807) is 25.1 Å². The molecule has 0 aliphatic carbocycles. The molecule has 8 heteroatoms. The van der Waals surface area contributed by atoms with Gasteiger partial charge in [0.15, 0.2) is 0 Å². The van der Waals surface area contributed by atoms with Crippen molar-refractivity contribution >= 4 is 23.2 Å². The Morgan fingerprint density at radius 3 is 2.58 bits per heavy atom. The van der Waals surface area contributed by atoms with Gasteiger partial charge in [0.2, 0.25) is 5.91 Å². The molecule has 0 saturated heterocycles. The predicted molar refractivity (Wildman–Crippen MR) is 89.4 cm³/mol. The van der Waals surface area contributed by atoms with Crippen LogP contribution in [0.25, 0.3) is 0 Å². The molecule has 8 nitrogen and oxygen atoms in total. The third-order valence-electron chi connectivity index (χ3n) is 3.17. The minimum Gasteiger partial charge on any atom is -0.495 e. The number of hydrogen-bond donors (Lipinski definition) is 2. The minimum absolute atomic E-state index is 0.100. The summed E-state index contributed by atoms with van der Waals surface area (Å²) in [4.78, 5) is 35.1. The van der Waals surface area contributed by atoms with E-state index in [-0.39, 0.29) is 17.2 Å². The summed E-state index contributed by atoms with van der Waals surface area (Å²) in [5, 5.41) is 9.29. The van der Waals surface area contributed by atoms with Crippen molar-refractivity contribution in [1.82, 2.24) is 9.78 Å². The Morgan fingerprint density at radius 1 is 1.21 bits per heavy atom. The highest BCUT2D eigenvalue weighted by molar-refractivity contribution is 6.04. The molecular formula is C16H18N4O4. The molecule has 1 heterocycles. The first kappa shape index (κ1) is 17.2. The number of anilines is 2. The molecule has 0 aliphatic rings. The number of benzene rings is 1. The van der Waals surface area contributed by atoms with Gasteiger partial charge in [-0.3, -0.25) is 14.4 Å². The molecule has 0 aliphatic heterocycles. The average Bonchev–Trinajstić information content (AvgIpc) is 2.55. The van der Waals surface area contributed by atoms with Gasteiger partial charge >= 0.3 is 0 Å². The molecule has 0 fully saturated rings. The Balaban J connectivity index is 2.30. The van der Waals surface area contributed by atoms with Crippen molar-refractivity contribution in [1.29, 1.82) is 0 Å². The molecule has 0 bridgehead atoms. The maximum atomic E-state index is 12.4. The van der Waals surface area contributed by atoms with Crippen LogP contribution in [0.4, 0.5) is 11.4 Å². The molecule has 2 aromatic rings. The Kier molecular flexibility index (Phi) is 5.31. The Hall–Kier alpha value is -3.16. The fourth-order valence-corrected chi connectivity index (χ4v) is 2.07. The van der Waals surface area contributed by atoms with Crippen LogP contribution in [0.3, 0.4) is 0 Å². The third-order valence-corrected chi connectivity index (χ3v) is 3.17. The molecule has 1 aromatic carbocycles. The van der Waals surface area contributed by atoms with Crippen LogP contribution >= 0.6 is 0 Å². The van der Waals surface area contributed by atoms with Crippen molar-refractivity contribution in [3.8, 4) is 5.75 Å². The van der Waals surface area contributed by atoms with Crippen molar-refractivity contribution in [2.45, 2.75) is 20.4 Å². The fraction of sp³-hybridized carbons (Fsp3) is 0.250. The second-order valence-corrected chi connectivity index (χ2v) is 4.92. The molecule has 0 unspecified atom stereocenters. The van der Waals surface area contributed by atoms with E-state index in [2.05, 4.69) is 15.7 Å². The SMILES string of the molecule is CCn1nc(C(=O)Nc2cc(NC(C)=O)ccc2OC)ccc1=O. The lowest BCUT2D eigenvalue weighted by atomic mass is 10.2. The topological polar surface area (TPSA) is 102 Å². The number of carbonyl (C=O) groups is 2. The van der Waals surface area contributed by atoms with Gasteiger partial charge < -0.3 is 15.4 Å². The van der Waals surface area contributed by atoms with E-state index in [9.17, 15) is 14.4 Å². The maximum Gasteiger partial charge on any atom is 0.276 e. The number of methoxy groups -OCH3 is 1. The van der Waals surface area contributed by atoms with E-state index in [0.29, 0.717) is 23.7 Å². The lowest BCUT2D eigenvalue weighted by Gasteiger charge is -2.12. The van der Waals surface area contributed by atoms with E-state index < -0.39 is 5.91 Å². The third kappa shape index (κ3) is 3.97. The van der Waals surface area contributed by atoms with Gasteiger partial charge in [0.25, 0.3) is 11.5 Å². The van der Waals surface area contributed by atoms with Crippen molar-refractivity contribution in [3.63, 3.8) is 0 Å². The normalized spacial score (nSPS) is 10.1. The summed E-state index contributed by atoms with van der Waals surface area (Å²) >= 11 is 0. The Morgan fingerprint density at radius 2 is 1.96 bits per heavy atom. The first-order valence-electron chi connectivity index (χ1n) is 7.29. The van der Waals surface area contributed by atoms with Crippen LogP contribution in [0.1, 0.15) is 24.3 Å². The minimum atomic E-state index is -0.490. The van der Waals surface area contributed by atoms with E-state index in [1.807, 2.05) is 0 Å². The summed E-state index contributed by atoms with van der Waals surface area (Å²) < 4.78 is 6.40. The van der Waals surface area contributed by atoms with Crippen molar-refractivity contribution in [2.24, 2.45) is 0 Å². The van der Waals surface area contributed by atoms with Crippen molar-refractivity contribution in [2.75, 3.05) is 17.7 Å². The van der Waals surface area contributed by atoms with Crippen LogP contribution in [-0.2, 0) is 11.3 Å². The largest absolute Gasteiger partial charge is 0.495 e. The van der Waals surface area contributed by atoms with Crippen LogP contribution < -0.4 is 20.9 Å². The van der Waals surface area contributed by atoms with E-state index in [0.717, 1.165) is 0 Å². The van der Waals surface area contributed by atoms with Crippen LogP contribution in [0.2, 0.25) is 0 Å². The lowest BCUT2D eigenvalue weighted by molar-refractivity contribution is -0.114. The summed E-state index contributed by atoms with van der Waals surface area (Å²) in [6, 6.07) is 7.50. The van der Waals surface area contributed by atoms with Gasteiger partial charge in [-0.15, -0.1) is 0 Å². The molecule has 0 radical (unpaired) electrons. The Labute approximate surface area is 138 Å². The van der Waals surface area contributed by atoms with Gasteiger partial charge in [0.05, 0.1) is 12.8 Å². The quantitative estimate of drug-likeness (QED) is 0.864. The van der Waals surface area contributed by atoms with Gasteiger partial charge in [-0.2, -0.15) is 5.10 Å². The van der Waals surface area contributed by atoms with Crippen LogP contribution in [0, 0.1) is 0 Å². The zero-order valence-corrected chi connectivity index (χ0v) is 13.6. The monoisotopic (exact) mass is 330 g/mol. The summed E-state index contributed by atoms with van der Waals surface area (Å²) in [7, 11) is 1.47. The smallest absolute Gasteiger partial charge is 0.276 e. The van der Waals surface area contributed by atoms with Crippen molar-refractivity contribution in [3.05, 3.63) is 46.4 Å². The lowest BCUT2D eigenvalue weighted by Crippen LogP contribution is -2.25. The zero-order chi connectivity index (χ0) is 17.7. The molecule has 2 rings (SSSR count). The molecule has 0 spiro atoms. The first-order chi connectivity index (χ1) is 11.4. The van der Waals surface area contributed by atoms with E-state index in [1.165, 1.54) is 30.8 Å². The number of hydrogen-bond acceptors (Lipinski definition) is 5. The Bertz CT molecular complexity index is 829. The van der Waals surface area contributed by atoms with E-state index in [4.69, 9.17) is 4.74 Å². The maximum absolute atomic E-state index is 12.4. The van der Waals surface area contributed by atoms with Crippen molar-refractivity contribution < 1.29 is 14.3 Å². The molecule has 24 heavy (non-hydrogen) atoms. The van der Waals surface area contributed by atoms with Gasteiger partial charge in [0, 0.05) is 25.2 Å².